The molecule has 0 fully saturated rings. The maximum atomic E-state index is 11.3. The molecule has 1 aromatic heterocycles. The Hall–Kier alpha value is -1.25. The van der Waals surface area contributed by atoms with E-state index in [-0.39, 0.29) is 5.78 Å². The lowest BCUT2D eigenvalue weighted by Crippen LogP contribution is -2.15. The molecule has 0 N–H and O–H groups in total. The minimum absolute atomic E-state index is 0.168. The first-order chi connectivity index (χ1) is 5.79. The minimum Gasteiger partial charge on any atom is -0.292 e. The third kappa shape index (κ3) is 1.02. The average Bonchev–Trinajstić information content (AvgIpc) is 2.07. The van der Waals surface area contributed by atoms with E-state index in [0.29, 0.717) is 12.1 Å². The number of hydrogen-bond donors (Lipinski definition) is 0. The van der Waals surface area contributed by atoms with E-state index in [1.165, 1.54) is 6.33 Å². The summed E-state index contributed by atoms with van der Waals surface area (Å²) in [5, 5.41) is 0. The number of carbonyl (C=O) groups is 1. The van der Waals surface area contributed by atoms with Crippen molar-refractivity contribution in [2.24, 2.45) is 0 Å². The summed E-state index contributed by atoms with van der Waals surface area (Å²) in [6, 6.07) is 0. The van der Waals surface area contributed by atoms with Crippen LogP contribution in [0.1, 0.15) is 34.6 Å². The minimum atomic E-state index is 0.168. The molecule has 0 spiro atoms. The molecule has 1 heterocycles. The number of aryl methyl sites for hydroxylation is 1. The Morgan fingerprint density at radius 1 is 1.33 bits per heavy atom. The summed E-state index contributed by atoms with van der Waals surface area (Å²) in [5.41, 5.74) is 2.65. The topological polar surface area (TPSA) is 42.9 Å². The second-order valence-electron chi connectivity index (χ2n) is 3.06. The molecule has 3 heteroatoms. The first kappa shape index (κ1) is 7.40. The number of fused-ring (bicyclic) bond motifs is 1. The summed E-state index contributed by atoms with van der Waals surface area (Å²) in [6.07, 6.45) is 4.01. The molecule has 0 aliphatic heterocycles. The largest absolute Gasteiger partial charge is 0.292 e. The van der Waals surface area contributed by atoms with E-state index < -0.39 is 0 Å². The van der Waals surface area contributed by atoms with Crippen molar-refractivity contribution >= 4 is 5.78 Å². The number of hydrogen-bond acceptors (Lipinski definition) is 3. The maximum absolute atomic E-state index is 11.3. The summed E-state index contributed by atoms with van der Waals surface area (Å²) in [6.45, 7) is 1.93. The van der Waals surface area contributed by atoms with Crippen molar-refractivity contribution in [2.75, 3.05) is 0 Å². The van der Waals surface area contributed by atoms with Crippen molar-refractivity contribution < 1.29 is 4.79 Å². The number of aromatic nitrogens is 2. The first-order valence-electron chi connectivity index (χ1n) is 4.12. The molecule has 1 aromatic rings. The van der Waals surface area contributed by atoms with Gasteiger partial charge in [0.25, 0.3) is 0 Å². The van der Waals surface area contributed by atoms with Gasteiger partial charge in [-0.2, -0.15) is 0 Å². The van der Waals surface area contributed by atoms with Crippen LogP contribution in [0.25, 0.3) is 0 Å². The molecule has 0 atom stereocenters. The SMILES string of the molecule is Cc1ncnc2c1CCCC2=O. The zero-order valence-corrected chi connectivity index (χ0v) is 7.00. The number of nitrogens with zero attached hydrogens (tertiary/aromatic N) is 2. The highest BCUT2D eigenvalue weighted by Gasteiger charge is 2.19. The first-order valence-corrected chi connectivity index (χ1v) is 4.12. The number of rotatable bonds is 0. The highest BCUT2D eigenvalue weighted by atomic mass is 16.1. The second-order valence-corrected chi connectivity index (χ2v) is 3.06. The van der Waals surface area contributed by atoms with Gasteiger partial charge in [-0.25, -0.2) is 9.97 Å². The van der Waals surface area contributed by atoms with Crippen molar-refractivity contribution in [2.45, 2.75) is 26.2 Å². The molecule has 0 unspecified atom stereocenters. The molecule has 1 aliphatic carbocycles. The molecule has 12 heavy (non-hydrogen) atoms. The quantitative estimate of drug-likeness (QED) is 0.577. The van der Waals surface area contributed by atoms with Gasteiger partial charge in [0.15, 0.2) is 5.78 Å². The molecular formula is C9H10N2O. The lowest BCUT2D eigenvalue weighted by molar-refractivity contribution is 0.0966. The summed E-state index contributed by atoms with van der Waals surface area (Å²) in [5.74, 6) is 0.168. The smallest absolute Gasteiger partial charge is 0.181 e. The zero-order valence-electron chi connectivity index (χ0n) is 7.00. The fourth-order valence-electron chi connectivity index (χ4n) is 1.58. The summed E-state index contributed by atoms with van der Waals surface area (Å²) in [4.78, 5) is 19.4. The summed E-state index contributed by atoms with van der Waals surface area (Å²) >= 11 is 0. The Morgan fingerprint density at radius 2 is 2.17 bits per heavy atom. The number of Topliss-reactive ketones (excluding diaryl/α,β-unsaturated/α-hetero) is 1. The Morgan fingerprint density at radius 3 is 2.92 bits per heavy atom. The van der Waals surface area contributed by atoms with E-state index in [0.717, 1.165) is 24.1 Å². The van der Waals surface area contributed by atoms with Gasteiger partial charge in [-0.15, -0.1) is 0 Å². The predicted octanol–water partition coefficient (Wildman–Crippen LogP) is 1.30. The molecule has 0 radical (unpaired) electrons. The highest BCUT2D eigenvalue weighted by Crippen LogP contribution is 2.20. The number of ketones is 1. The fourth-order valence-corrected chi connectivity index (χ4v) is 1.58. The van der Waals surface area contributed by atoms with Crippen molar-refractivity contribution in [1.82, 2.24) is 9.97 Å². The Balaban J connectivity index is 2.59. The molecule has 0 amide bonds. The fraction of sp³-hybridized carbons (Fsp3) is 0.444. The predicted molar refractivity (Wildman–Crippen MR) is 44.0 cm³/mol. The van der Waals surface area contributed by atoms with E-state index in [4.69, 9.17) is 0 Å². The van der Waals surface area contributed by atoms with E-state index in [1.54, 1.807) is 0 Å². The van der Waals surface area contributed by atoms with Crippen molar-refractivity contribution in [3.63, 3.8) is 0 Å². The van der Waals surface area contributed by atoms with Crippen LogP contribution in [0.15, 0.2) is 6.33 Å². The van der Waals surface area contributed by atoms with E-state index in [2.05, 4.69) is 9.97 Å². The van der Waals surface area contributed by atoms with Crippen molar-refractivity contribution in [3.05, 3.63) is 23.3 Å². The van der Waals surface area contributed by atoms with E-state index in [1.807, 2.05) is 6.92 Å². The van der Waals surface area contributed by atoms with Crippen LogP contribution in [-0.2, 0) is 6.42 Å². The van der Waals surface area contributed by atoms with Crippen LogP contribution in [0, 0.1) is 6.92 Å². The third-order valence-electron chi connectivity index (χ3n) is 2.26. The summed E-state index contributed by atoms with van der Waals surface area (Å²) < 4.78 is 0. The molecule has 2 rings (SSSR count). The van der Waals surface area contributed by atoms with Gasteiger partial charge in [0.2, 0.25) is 0 Å². The van der Waals surface area contributed by atoms with Crippen LogP contribution in [-0.4, -0.2) is 15.8 Å². The molecule has 0 bridgehead atoms. The number of carbonyl (C=O) groups excluding carboxylic acids is 1. The van der Waals surface area contributed by atoms with Gasteiger partial charge < -0.3 is 0 Å². The average molecular weight is 162 g/mol. The molecule has 0 aromatic carbocycles. The highest BCUT2D eigenvalue weighted by molar-refractivity contribution is 5.96. The maximum Gasteiger partial charge on any atom is 0.181 e. The van der Waals surface area contributed by atoms with Gasteiger partial charge in [-0.3, -0.25) is 4.79 Å². The van der Waals surface area contributed by atoms with Gasteiger partial charge in [-0.1, -0.05) is 0 Å². The normalized spacial score (nSPS) is 15.9. The zero-order chi connectivity index (χ0) is 8.55. The van der Waals surface area contributed by atoms with Gasteiger partial charge in [0, 0.05) is 17.7 Å². The standard InChI is InChI=1S/C9H10N2O/c1-6-7-3-2-4-8(12)9(7)11-5-10-6/h5H,2-4H2,1H3. The Labute approximate surface area is 70.9 Å². The summed E-state index contributed by atoms with van der Waals surface area (Å²) in [7, 11) is 0. The van der Waals surface area contributed by atoms with E-state index in [9.17, 15) is 4.79 Å². The molecule has 1 aliphatic rings. The molecular weight excluding hydrogens is 152 g/mol. The van der Waals surface area contributed by atoms with Gasteiger partial charge >= 0.3 is 0 Å². The third-order valence-corrected chi connectivity index (χ3v) is 2.26. The van der Waals surface area contributed by atoms with Gasteiger partial charge in [-0.05, 0) is 19.8 Å². The lowest BCUT2D eigenvalue weighted by Gasteiger charge is -2.13. The molecule has 0 saturated carbocycles. The van der Waals surface area contributed by atoms with Gasteiger partial charge in [0.05, 0.1) is 0 Å². The van der Waals surface area contributed by atoms with Crippen LogP contribution >= 0.6 is 0 Å². The van der Waals surface area contributed by atoms with Crippen LogP contribution in [0.2, 0.25) is 0 Å². The molecule has 0 saturated heterocycles. The van der Waals surface area contributed by atoms with Gasteiger partial charge in [0.1, 0.15) is 12.0 Å². The Bertz CT molecular complexity index is 333. The monoisotopic (exact) mass is 162 g/mol. The van der Waals surface area contributed by atoms with Crippen molar-refractivity contribution in [3.8, 4) is 0 Å². The second kappa shape index (κ2) is 2.66. The van der Waals surface area contributed by atoms with Crippen LogP contribution < -0.4 is 0 Å². The Kier molecular flexibility index (Phi) is 1.64. The van der Waals surface area contributed by atoms with Crippen LogP contribution in [0.4, 0.5) is 0 Å². The van der Waals surface area contributed by atoms with Crippen molar-refractivity contribution in [1.29, 1.82) is 0 Å². The molecule has 3 nitrogen and oxygen atoms in total. The van der Waals surface area contributed by atoms with Crippen LogP contribution in [0.3, 0.4) is 0 Å². The van der Waals surface area contributed by atoms with Crippen LogP contribution in [0.5, 0.6) is 0 Å². The van der Waals surface area contributed by atoms with E-state index >= 15 is 0 Å². The lowest BCUT2D eigenvalue weighted by atomic mass is 9.94. The molecule has 62 valence electrons.